The molecule has 1 heterocycles. The van der Waals surface area contributed by atoms with E-state index in [1.165, 1.54) is 13.0 Å². The normalized spacial score (nSPS) is 16.2. The maximum atomic E-state index is 11.7. The van der Waals surface area contributed by atoms with Gasteiger partial charge in [0, 0.05) is 5.69 Å². The van der Waals surface area contributed by atoms with Crippen molar-refractivity contribution in [2.24, 2.45) is 0 Å². The second kappa shape index (κ2) is 8.21. The van der Waals surface area contributed by atoms with Gasteiger partial charge in [0.05, 0.1) is 29.9 Å². The van der Waals surface area contributed by atoms with Gasteiger partial charge in [-0.15, -0.1) is 0 Å². The van der Waals surface area contributed by atoms with Crippen LogP contribution >= 0.6 is 0 Å². The van der Waals surface area contributed by atoms with Crippen LogP contribution < -0.4 is 10.9 Å². The number of aromatic nitrogens is 1. The van der Waals surface area contributed by atoms with E-state index in [2.05, 4.69) is 10.3 Å². The Morgan fingerprint density at radius 2 is 2.00 bits per heavy atom. The highest BCUT2D eigenvalue weighted by atomic mass is 16.5. The minimum atomic E-state index is -1.11. The molecular formula is C17H22N2O6. The Morgan fingerprint density at radius 3 is 2.60 bits per heavy atom. The number of nitrogens with one attached hydrogen (secondary N) is 2. The fourth-order valence-corrected chi connectivity index (χ4v) is 2.34. The van der Waals surface area contributed by atoms with Gasteiger partial charge in [0.2, 0.25) is 0 Å². The third-order valence-corrected chi connectivity index (χ3v) is 3.87. The van der Waals surface area contributed by atoms with Gasteiger partial charge in [-0.2, -0.15) is 0 Å². The van der Waals surface area contributed by atoms with Crippen molar-refractivity contribution in [1.29, 1.82) is 0 Å². The molecule has 0 aliphatic rings. The summed E-state index contributed by atoms with van der Waals surface area (Å²) in [7, 11) is 0. The quantitative estimate of drug-likeness (QED) is 0.340. The van der Waals surface area contributed by atoms with Gasteiger partial charge in [-0.3, -0.25) is 9.59 Å². The Labute approximate surface area is 144 Å². The Balaban J connectivity index is 2.13. The Kier molecular flexibility index (Phi) is 6.27. The SMILES string of the molecule is CC(OC(CO)[C@@H](C)O)[C@@H](O)Nc1ccc2cc(C=O)c(=O)[nH]c2c1. The van der Waals surface area contributed by atoms with Crippen molar-refractivity contribution in [2.45, 2.75) is 38.4 Å². The van der Waals surface area contributed by atoms with Crippen LogP contribution in [-0.4, -0.2) is 57.7 Å². The van der Waals surface area contributed by atoms with E-state index in [-0.39, 0.29) is 12.2 Å². The molecule has 2 unspecified atom stereocenters. The van der Waals surface area contributed by atoms with E-state index in [9.17, 15) is 19.8 Å². The number of ether oxygens (including phenoxy) is 1. The first-order valence-corrected chi connectivity index (χ1v) is 7.87. The second-order valence-electron chi connectivity index (χ2n) is 5.87. The molecule has 8 nitrogen and oxygen atoms in total. The Morgan fingerprint density at radius 1 is 1.28 bits per heavy atom. The minimum absolute atomic E-state index is 0.0448. The molecule has 0 aliphatic heterocycles. The second-order valence-corrected chi connectivity index (χ2v) is 5.87. The van der Waals surface area contributed by atoms with Gasteiger partial charge in [0.25, 0.3) is 5.56 Å². The van der Waals surface area contributed by atoms with Gasteiger partial charge in [-0.25, -0.2) is 0 Å². The Bertz CT molecular complexity index is 788. The summed E-state index contributed by atoms with van der Waals surface area (Å²) in [6, 6.07) is 6.50. The zero-order chi connectivity index (χ0) is 18.6. The summed E-state index contributed by atoms with van der Waals surface area (Å²) < 4.78 is 5.42. The van der Waals surface area contributed by atoms with Crippen molar-refractivity contribution in [3.8, 4) is 0 Å². The van der Waals surface area contributed by atoms with Crippen molar-refractivity contribution < 1.29 is 24.9 Å². The molecule has 0 aliphatic carbocycles. The van der Waals surface area contributed by atoms with Crippen LogP contribution in [0.2, 0.25) is 0 Å². The Hall–Kier alpha value is -2.26. The van der Waals surface area contributed by atoms with E-state index in [0.29, 0.717) is 22.9 Å². The number of carbonyl (C=O) groups is 1. The summed E-state index contributed by atoms with van der Waals surface area (Å²) >= 11 is 0. The number of fused-ring (bicyclic) bond motifs is 1. The third-order valence-electron chi connectivity index (χ3n) is 3.87. The smallest absolute Gasteiger partial charge is 0.259 e. The van der Waals surface area contributed by atoms with Gasteiger partial charge >= 0.3 is 0 Å². The highest BCUT2D eigenvalue weighted by Crippen LogP contribution is 2.18. The first kappa shape index (κ1) is 19.1. The fourth-order valence-electron chi connectivity index (χ4n) is 2.34. The van der Waals surface area contributed by atoms with E-state index in [1.54, 1.807) is 25.1 Å². The van der Waals surface area contributed by atoms with Gasteiger partial charge in [0.15, 0.2) is 12.5 Å². The molecule has 0 saturated carbocycles. The highest BCUT2D eigenvalue weighted by Gasteiger charge is 2.22. The number of rotatable bonds is 8. The first-order valence-electron chi connectivity index (χ1n) is 7.87. The topological polar surface area (TPSA) is 132 Å². The lowest BCUT2D eigenvalue weighted by Gasteiger charge is -2.27. The number of H-pyrrole nitrogens is 1. The molecule has 2 rings (SSSR count). The van der Waals surface area contributed by atoms with Crippen LogP contribution in [-0.2, 0) is 4.74 Å². The molecule has 8 heteroatoms. The van der Waals surface area contributed by atoms with Crippen molar-refractivity contribution in [3.05, 3.63) is 40.2 Å². The zero-order valence-electron chi connectivity index (χ0n) is 14.0. The molecule has 2 aromatic rings. The number of carbonyl (C=O) groups excluding carboxylic acids is 1. The van der Waals surface area contributed by atoms with E-state index < -0.39 is 30.1 Å². The van der Waals surface area contributed by atoms with Crippen LogP contribution in [0.25, 0.3) is 10.9 Å². The number of aromatic amines is 1. The maximum absolute atomic E-state index is 11.7. The van der Waals surface area contributed by atoms with Crippen LogP contribution in [0.15, 0.2) is 29.1 Å². The van der Waals surface area contributed by atoms with E-state index >= 15 is 0 Å². The molecule has 5 N–H and O–H groups in total. The number of anilines is 1. The van der Waals surface area contributed by atoms with Crippen LogP contribution in [0.4, 0.5) is 5.69 Å². The number of aliphatic hydroxyl groups is 3. The number of aliphatic hydroxyl groups excluding tert-OH is 3. The summed E-state index contributed by atoms with van der Waals surface area (Å²) in [5.74, 6) is 0. The van der Waals surface area contributed by atoms with Gasteiger partial charge in [0.1, 0.15) is 6.10 Å². The van der Waals surface area contributed by atoms with Gasteiger partial charge in [-0.1, -0.05) is 6.07 Å². The number of pyridine rings is 1. The molecule has 0 bridgehead atoms. The van der Waals surface area contributed by atoms with E-state index in [4.69, 9.17) is 9.84 Å². The number of aldehydes is 1. The zero-order valence-corrected chi connectivity index (χ0v) is 14.0. The third kappa shape index (κ3) is 4.64. The highest BCUT2D eigenvalue weighted by molar-refractivity contribution is 5.87. The molecule has 1 aromatic heterocycles. The first-order chi connectivity index (χ1) is 11.8. The molecule has 0 spiro atoms. The summed E-state index contributed by atoms with van der Waals surface area (Å²) in [6.07, 6.45) is -3.00. The van der Waals surface area contributed by atoms with Crippen molar-refractivity contribution in [1.82, 2.24) is 4.98 Å². The number of hydrogen-bond donors (Lipinski definition) is 5. The van der Waals surface area contributed by atoms with Crippen molar-refractivity contribution in [3.63, 3.8) is 0 Å². The minimum Gasteiger partial charge on any atom is -0.394 e. The predicted molar refractivity (Wildman–Crippen MR) is 92.7 cm³/mol. The van der Waals surface area contributed by atoms with Crippen LogP contribution in [0.3, 0.4) is 0 Å². The summed E-state index contributed by atoms with van der Waals surface area (Å²) in [5.41, 5.74) is 0.601. The van der Waals surface area contributed by atoms with Crippen LogP contribution in [0.1, 0.15) is 24.2 Å². The van der Waals surface area contributed by atoms with Gasteiger partial charge < -0.3 is 30.4 Å². The average molecular weight is 350 g/mol. The molecule has 0 amide bonds. The largest absolute Gasteiger partial charge is 0.394 e. The monoisotopic (exact) mass is 350 g/mol. The lowest BCUT2D eigenvalue weighted by molar-refractivity contribution is -0.114. The van der Waals surface area contributed by atoms with Crippen LogP contribution in [0.5, 0.6) is 0 Å². The molecular weight excluding hydrogens is 328 g/mol. The molecule has 0 saturated heterocycles. The molecule has 136 valence electrons. The lowest BCUT2D eigenvalue weighted by atomic mass is 10.1. The summed E-state index contributed by atoms with van der Waals surface area (Å²) in [6.45, 7) is 2.72. The molecule has 0 fully saturated rings. The average Bonchev–Trinajstić information content (AvgIpc) is 2.58. The lowest BCUT2D eigenvalue weighted by Crippen LogP contribution is -2.40. The van der Waals surface area contributed by atoms with E-state index in [1.807, 2.05) is 0 Å². The van der Waals surface area contributed by atoms with E-state index in [0.717, 1.165) is 0 Å². The van der Waals surface area contributed by atoms with Gasteiger partial charge in [-0.05, 0) is 37.4 Å². The standard InChI is InChI=1S/C17H22N2O6/c1-9(22)15(8-21)25-10(2)16(23)18-13-4-3-11-5-12(7-20)17(24)19-14(11)6-13/h3-7,9-10,15-16,18,21-23H,8H2,1-2H3,(H,19,24)/t9-,10?,15?,16-/m1/s1. The molecule has 1 aromatic carbocycles. The summed E-state index contributed by atoms with van der Waals surface area (Å²) in [5, 5.41) is 32.3. The van der Waals surface area contributed by atoms with Crippen molar-refractivity contribution in [2.75, 3.05) is 11.9 Å². The molecule has 0 radical (unpaired) electrons. The summed E-state index contributed by atoms with van der Waals surface area (Å²) in [4.78, 5) is 25.1. The molecule has 4 atom stereocenters. The number of benzene rings is 1. The molecule has 25 heavy (non-hydrogen) atoms. The van der Waals surface area contributed by atoms with Crippen LogP contribution in [0, 0.1) is 0 Å². The fraction of sp³-hybridized carbons (Fsp3) is 0.412. The number of hydrogen-bond acceptors (Lipinski definition) is 7. The predicted octanol–water partition coefficient (Wildman–Crippen LogP) is 0.218. The van der Waals surface area contributed by atoms with Crippen molar-refractivity contribution >= 4 is 22.9 Å². The maximum Gasteiger partial charge on any atom is 0.259 e.